The molecule has 1 aromatic heterocycles. The minimum Gasteiger partial charge on any atom is -0.328 e. The van der Waals surface area contributed by atoms with Crippen LogP contribution in [0.1, 0.15) is 10.5 Å². The summed E-state index contributed by atoms with van der Waals surface area (Å²) in [5.74, 6) is 4.97. The summed E-state index contributed by atoms with van der Waals surface area (Å²) in [6, 6.07) is 0. The number of hydrogen-bond donors (Lipinski definition) is 2. The first kappa shape index (κ1) is 15.2. The lowest BCUT2D eigenvalue weighted by Crippen LogP contribution is -2.36. The summed E-state index contributed by atoms with van der Waals surface area (Å²) < 4.78 is 1.39. The summed E-state index contributed by atoms with van der Waals surface area (Å²) in [6.07, 6.45) is 1.87. The first-order chi connectivity index (χ1) is 8.97. The maximum absolute atomic E-state index is 12.2. The number of rotatable bonds is 6. The quantitative estimate of drug-likeness (QED) is 0.184. The number of nitrogens with zero attached hydrogens (tertiary/aromatic N) is 4. The molecule has 0 saturated heterocycles. The fourth-order valence-electron chi connectivity index (χ4n) is 1.41. The Morgan fingerprint density at radius 3 is 2.74 bits per heavy atom. The first-order valence-corrected chi connectivity index (χ1v) is 5.67. The number of carbonyl (C=O) groups excluding carboxylic acids is 2. The lowest BCUT2D eigenvalue weighted by molar-refractivity contribution is -0.107. The highest BCUT2D eigenvalue weighted by Gasteiger charge is 2.26. The SMILES string of the molecule is C=CCn1c(Cl)nc(N(N)C=O)c1C(=O)N(C)CN. The monoisotopic (exact) mass is 286 g/mol. The van der Waals surface area contributed by atoms with Gasteiger partial charge in [0, 0.05) is 13.6 Å². The number of aromatic nitrogens is 2. The van der Waals surface area contributed by atoms with Gasteiger partial charge in [0.05, 0.1) is 6.67 Å². The zero-order valence-electron chi connectivity index (χ0n) is 10.4. The molecule has 0 atom stereocenters. The van der Waals surface area contributed by atoms with Gasteiger partial charge in [-0.25, -0.2) is 10.9 Å². The van der Waals surface area contributed by atoms with Gasteiger partial charge in [0.15, 0.2) is 11.5 Å². The van der Waals surface area contributed by atoms with Crippen LogP contribution in [0.25, 0.3) is 0 Å². The maximum Gasteiger partial charge on any atom is 0.275 e. The van der Waals surface area contributed by atoms with Crippen LogP contribution in [-0.2, 0) is 11.3 Å². The van der Waals surface area contributed by atoms with E-state index in [1.54, 1.807) is 6.08 Å². The summed E-state index contributed by atoms with van der Waals surface area (Å²) >= 11 is 5.93. The molecule has 4 N–H and O–H groups in total. The second-order valence-corrected chi connectivity index (χ2v) is 3.99. The van der Waals surface area contributed by atoms with Crippen molar-refractivity contribution < 1.29 is 9.59 Å². The highest BCUT2D eigenvalue weighted by Crippen LogP contribution is 2.23. The van der Waals surface area contributed by atoms with E-state index in [1.807, 2.05) is 0 Å². The van der Waals surface area contributed by atoms with Crippen molar-refractivity contribution >= 4 is 29.7 Å². The molecule has 9 heteroatoms. The number of halogens is 1. The van der Waals surface area contributed by atoms with Crippen molar-refractivity contribution in [2.75, 3.05) is 18.7 Å². The Morgan fingerprint density at radius 2 is 2.26 bits per heavy atom. The minimum absolute atomic E-state index is 0.000816. The summed E-state index contributed by atoms with van der Waals surface area (Å²) in [4.78, 5) is 28.1. The number of allylic oxidation sites excluding steroid dienone is 1. The van der Waals surface area contributed by atoms with Crippen LogP contribution < -0.4 is 16.6 Å². The number of hydrazine groups is 1. The van der Waals surface area contributed by atoms with Gasteiger partial charge < -0.3 is 15.2 Å². The number of imidazole rings is 1. The molecule has 0 spiro atoms. The molecule has 0 unspecified atom stereocenters. The van der Waals surface area contributed by atoms with E-state index in [0.717, 1.165) is 0 Å². The lowest BCUT2D eigenvalue weighted by atomic mass is 10.3. The topological polar surface area (TPSA) is 110 Å². The van der Waals surface area contributed by atoms with Gasteiger partial charge in [0.1, 0.15) is 0 Å². The molecule has 0 aromatic carbocycles. The molecule has 0 aliphatic rings. The zero-order chi connectivity index (χ0) is 14.6. The van der Waals surface area contributed by atoms with Crippen LogP contribution >= 0.6 is 11.6 Å². The summed E-state index contributed by atoms with van der Waals surface area (Å²) in [5.41, 5.74) is 5.48. The van der Waals surface area contributed by atoms with Crippen molar-refractivity contribution in [2.45, 2.75) is 6.54 Å². The van der Waals surface area contributed by atoms with Crippen LogP contribution in [0, 0.1) is 0 Å². The summed E-state index contributed by atoms with van der Waals surface area (Å²) in [6.45, 7) is 3.81. The molecular weight excluding hydrogens is 272 g/mol. The van der Waals surface area contributed by atoms with Crippen LogP contribution in [0.15, 0.2) is 12.7 Å². The second-order valence-electron chi connectivity index (χ2n) is 3.65. The van der Waals surface area contributed by atoms with Crippen LogP contribution in [0.3, 0.4) is 0 Å². The van der Waals surface area contributed by atoms with Crippen molar-refractivity contribution in [1.82, 2.24) is 14.5 Å². The van der Waals surface area contributed by atoms with E-state index in [0.29, 0.717) is 11.4 Å². The molecular formula is C10H15ClN6O2. The average molecular weight is 287 g/mol. The Morgan fingerprint density at radius 1 is 1.63 bits per heavy atom. The Labute approximate surface area is 115 Å². The Bertz CT molecular complexity index is 500. The van der Waals surface area contributed by atoms with E-state index in [4.69, 9.17) is 23.2 Å². The van der Waals surface area contributed by atoms with E-state index in [1.165, 1.54) is 16.5 Å². The van der Waals surface area contributed by atoms with Gasteiger partial charge in [0.2, 0.25) is 11.7 Å². The van der Waals surface area contributed by atoms with Gasteiger partial charge >= 0.3 is 0 Å². The molecule has 0 aliphatic heterocycles. The molecule has 8 nitrogen and oxygen atoms in total. The van der Waals surface area contributed by atoms with E-state index in [-0.39, 0.29) is 30.0 Å². The zero-order valence-corrected chi connectivity index (χ0v) is 11.2. The van der Waals surface area contributed by atoms with E-state index >= 15 is 0 Å². The van der Waals surface area contributed by atoms with Gasteiger partial charge in [-0.15, -0.1) is 6.58 Å². The summed E-state index contributed by atoms with van der Waals surface area (Å²) in [5, 5.41) is 0.712. The van der Waals surface area contributed by atoms with E-state index in [2.05, 4.69) is 11.6 Å². The third-order valence-electron chi connectivity index (χ3n) is 2.40. The molecule has 2 amide bonds. The van der Waals surface area contributed by atoms with Crippen LogP contribution in [0.2, 0.25) is 5.28 Å². The van der Waals surface area contributed by atoms with Crippen molar-refractivity contribution in [3.8, 4) is 0 Å². The molecule has 1 aromatic rings. The first-order valence-electron chi connectivity index (χ1n) is 5.29. The Balaban J connectivity index is 3.41. The van der Waals surface area contributed by atoms with Gasteiger partial charge in [-0.05, 0) is 11.6 Å². The third kappa shape index (κ3) is 2.92. The predicted octanol–water partition coefficient (Wildman–Crippen LogP) is -0.453. The van der Waals surface area contributed by atoms with Gasteiger partial charge in [0.25, 0.3) is 5.91 Å². The average Bonchev–Trinajstić information content (AvgIpc) is 2.74. The lowest BCUT2D eigenvalue weighted by Gasteiger charge is -2.17. The molecule has 0 radical (unpaired) electrons. The number of amides is 2. The predicted molar refractivity (Wildman–Crippen MR) is 71.3 cm³/mol. The fourth-order valence-corrected chi connectivity index (χ4v) is 1.65. The summed E-state index contributed by atoms with van der Waals surface area (Å²) in [7, 11) is 1.51. The third-order valence-corrected chi connectivity index (χ3v) is 2.68. The largest absolute Gasteiger partial charge is 0.328 e. The number of anilines is 1. The van der Waals surface area contributed by atoms with Crippen LogP contribution in [-0.4, -0.2) is 40.5 Å². The number of nitrogens with two attached hydrogens (primary N) is 2. The Hall–Kier alpha value is -1.90. The molecule has 0 saturated carbocycles. The van der Waals surface area contributed by atoms with Crippen molar-refractivity contribution in [3.05, 3.63) is 23.6 Å². The highest BCUT2D eigenvalue weighted by atomic mass is 35.5. The van der Waals surface area contributed by atoms with E-state index < -0.39 is 5.91 Å². The molecule has 1 heterocycles. The molecule has 0 bridgehead atoms. The van der Waals surface area contributed by atoms with Gasteiger partial charge in [-0.1, -0.05) is 6.08 Å². The van der Waals surface area contributed by atoms with Crippen molar-refractivity contribution in [3.63, 3.8) is 0 Å². The number of carbonyl (C=O) groups is 2. The smallest absolute Gasteiger partial charge is 0.275 e. The van der Waals surface area contributed by atoms with Crippen molar-refractivity contribution in [1.29, 1.82) is 0 Å². The van der Waals surface area contributed by atoms with Gasteiger partial charge in [-0.2, -0.15) is 4.98 Å². The van der Waals surface area contributed by atoms with Crippen LogP contribution in [0.4, 0.5) is 5.82 Å². The maximum atomic E-state index is 12.2. The van der Waals surface area contributed by atoms with Crippen molar-refractivity contribution in [2.24, 2.45) is 11.6 Å². The normalized spacial score (nSPS) is 10.1. The van der Waals surface area contributed by atoms with E-state index in [9.17, 15) is 9.59 Å². The standard InChI is InChI=1S/C10H15ClN6O2/c1-3-4-16-7(9(19)15(2)5-12)8(14-10(16)11)17(13)6-18/h3,6H,1,4-5,12-13H2,2H3. The Kier molecular flexibility index (Phi) is 5.04. The fraction of sp³-hybridized carbons (Fsp3) is 0.300. The minimum atomic E-state index is -0.448. The molecule has 104 valence electrons. The molecule has 0 aliphatic carbocycles. The molecule has 1 rings (SSSR count). The molecule has 0 fully saturated rings. The molecule has 19 heavy (non-hydrogen) atoms. The van der Waals surface area contributed by atoms with Crippen LogP contribution in [0.5, 0.6) is 0 Å². The van der Waals surface area contributed by atoms with Gasteiger partial charge in [-0.3, -0.25) is 9.59 Å². The number of hydrogen-bond acceptors (Lipinski definition) is 5. The second kappa shape index (κ2) is 6.32. The highest BCUT2D eigenvalue weighted by molar-refractivity contribution is 6.29.